The molecule has 2 aromatic carbocycles. The van der Waals surface area contributed by atoms with Crippen LogP contribution in [0.1, 0.15) is 18.0 Å². The molecule has 2 unspecified atom stereocenters. The molecule has 2 amide bonds. The second-order valence-corrected chi connectivity index (χ2v) is 6.86. The molecule has 0 saturated carbocycles. The van der Waals surface area contributed by atoms with E-state index in [0.717, 1.165) is 11.3 Å². The molecule has 3 N–H and O–H groups in total. The molecule has 0 aliphatic carbocycles. The van der Waals surface area contributed by atoms with Crippen molar-refractivity contribution in [2.75, 3.05) is 11.9 Å². The smallest absolute Gasteiger partial charge is 0.320 e. The summed E-state index contributed by atoms with van der Waals surface area (Å²) in [4.78, 5) is 12.5. The molecule has 1 aromatic heterocycles. The molecule has 8 heteroatoms. The summed E-state index contributed by atoms with van der Waals surface area (Å²) in [5, 5.41) is 20.0. The Labute approximate surface area is 166 Å². The van der Waals surface area contributed by atoms with E-state index in [2.05, 4.69) is 15.7 Å². The van der Waals surface area contributed by atoms with Crippen LogP contribution in [-0.2, 0) is 0 Å². The minimum Gasteiger partial charge on any atom is -0.486 e. The zero-order valence-corrected chi connectivity index (χ0v) is 15.6. The van der Waals surface area contributed by atoms with Gasteiger partial charge in [-0.3, -0.25) is 5.32 Å². The van der Waals surface area contributed by atoms with Crippen LogP contribution >= 0.6 is 11.6 Å². The Kier molecular flexibility index (Phi) is 5.18. The van der Waals surface area contributed by atoms with E-state index >= 15 is 0 Å². The van der Waals surface area contributed by atoms with E-state index < -0.39 is 12.1 Å². The van der Waals surface area contributed by atoms with Crippen molar-refractivity contribution in [1.82, 2.24) is 15.1 Å². The molecule has 144 valence electrons. The number of benzene rings is 2. The van der Waals surface area contributed by atoms with Crippen molar-refractivity contribution >= 4 is 23.4 Å². The van der Waals surface area contributed by atoms with Gasteiger partial charge in [-0.25, -0.2) is 9.48 Å². The van der Waals surface area contributed by atoms with Crippen molar-refractivity contribution in [3.05, 3.63) is 71.4 Å². The third-order valence-corrected chi connectivity index (χ3v) is 4.81. The highest BCUT2D eigenvalue weighted by Crippen LogP contribution is 2.39. The minimum absolute atomic E-state index is 0.161. The van der Waals surface area contributed by atoms with Gasteiger partial charge in [0, 0.05) is 24.2 Å². The number of fused-ring (bicyclic) bond motifs is 1. The number of aliphatic hydroxyl groups excluding tert-OH is 1. The maximum Gasteiger partial charge on any atom is 0.320 e. The number of halogens is 1. The maximum atomic E-state index is 12.5. The fourth-order valence-electron chi connectivity index (χ4n) is 3.20. The number of carbonyl (C=O) groups excluding carboxylic acids is 1. The number of aliphatic hydroxyl groups is 1. The van der Waals surface area contributed by atoms with E-state index in [9.17, 15) is 9.90 Å². The van der Waals surface area contributed by atoms with E-state index in [0.29, 0.717) is 23.0 Å². The third kappa shape index (κ3) is 3.81. The number of amides is 2. The number of nitrogens with one attached hydrogen (secondary N) is 2. The van der Waals surface area contributed by atoms with Crippen LogP contribution < -0.4 is 15.4 Å². The van der Waals surface area contributed by atoms with Crippen LogP contribution in [0.25, 0.3) is 5.69 Å². The number of hydrogen-bond donors (Lipinski definition) is 3. The number of hydrogen-bond acceptors (Lipinski definition) is 4. The highest BCUT2D eigenvalue weighted by molar-refractivity contribution is 6.32. The monoisotopic (exact) mass is 398 g/mol. The normalized spacial score (nSPS) is 18.1. The lowest BCUT2D eigenvalue weighted by Crippen LogP contribution is -2.39. The number of rotatable bonds is 4. The largest absolute Gasteiger partial charge is 0.486 e. The van der Waals surface area contributed by atoms with Gasteiger partial charge in [-0.05, 0) is 18.2 Å². The van der Waals surface area contributed by atoms with Gasteiger partial charge in [-0.15, -0.1) is 5.10 Å². The summed E-state index contributed by atoms with van der Waals surface area (Å²) in [6.07, 6.45) is 1.78. The highest BCUT2D eigenvalue weighted by atomic mass is 35.5. The van der Waals surface area contributed by atoms with Crippen molar-refractivity contribution in [2.24, 2.45) is 0 Å². The van der Waals surface area contributed by atoms with Crippen molar-refractivity contribution in [3.8, 4) is 11.4 Å². The number of ether oxygens (including phenoxy) is 1. The van der Waals surface area contributed by atoms with Crippen molar-refractivity contribution in [2.45, 2.75) is 18.6 Å². The third-order valence-electron chi connectivity index (χ3n) is 4.52. The first-order valence-corrected chi connectivity index (χ1v) is 9.26. The lowest BCUT2D eigenvalue weighted by molar-refractivity contribution is 0.0851. The first kappa shape index (κ1) is 18.3. The van der Waals surface area contributed by atoms with Crippen molar-refractivity contribution in [3.63, 3.8) is 0 Å². The summed E-state index contributed by atoms with van der Waals surface area (Å²) in [5.74, 6) is 0.923. The van der Waals surface area contributed by atoms with Gasteiger partial charge in [0.1, 0.15) is 11.9 Å². The standard InChI is InChI=1S/C20H19ClN4O3/c21-16-8-4-7-15-17(11-14(12-26)28-19(15)16)22-20(27)23-18-9-10-25(24-18)13-5-2-1-3-6-13/h1-10,14,17,26H,11-12H2,(H2,22,23,24,27). The van der Waals surface area contributed by atoms with Crippen LogP contribution in [0.5, 0.6) is 5.75 Å². The molecule has 3 aromatic rings. The van der Waals surface area contributed by atoms with E-state index in [1.54, 1.807) is 29.1 Å². The molecule has 1 aliphatic heterocycles. The quantitative estimate of drug-likeness (QED) is 0.627. The summed E-state index contributed by atoms with van der Waals surface area (Å²) in [7, 11) is 0. The van der Waals surface area contributed by atoms with Gasteiger partial charge >= 0.3 is 6.03 Å². The number of anilines is 1. The molecule has 0 fully saturated rings. The second kappa shape index (κ2) is 7.92. The summed E-state index contributed by atoms with van der Waals surface area (Å²) in [6, 6.07) is 16.0. The van der Waals surface area contributed by atoms with E-state index in [1.165, 1.54) is 0 Å². The Bertz CT molecular complexity index is 977. The Hall–Kier alpha value is -3.03. The number of urea groups is 1. The van der Waals surface area contributed by atoms with Gasteiger partial charge in [0.05, 0.1) is 23.4 Å². The van der Waals surface area contributed by atoms with E-state index in [4.69, 9.17) is 16.3 Å². The number of carbonyl (C=O) groups is 1. The summed E-state index contributed by atoms with van der Waals surface area (Å²) < 4.78 is 7.41. The van der Waals surface area contributed by atoms with Crippen molar-refractivity contribution < 1.29 is 14.6 Å². The molecular formula is C20H19ClN4O3. The molecule has 2 heterocycles. The molecule has 0 bridgehead atoms. The zero-order chi connectivity index (χ0) is 19.5. The van der Waals surface area contributed by atoms with Crippen LogP contribution in [0.3, 0.4) is 0 Å². The van der Waals surface area contributed by atoms with Gasteiger partial charge in [-0.2, -0.15) is 0 Å². The summed E-state index contributed by atoms with van der Waals surface area (Å²) in [5.41, 5.74) is 1.68. The second-order valence-electron chi connectivity index (χ2n) is 6.45. The van der Waals surface area contributed by atoms with Gasteiger partial charge in [0.15, 0.2) is 5.82 Å². The van der Waals surface area contributed by atoms with E-state index in [-0.39, 0.29) is 12.6 Å². The highest BCUT2D eigenvalue weighted by Gasteiger charge is 2.30. The predicted molar refractivity (Wildman–Crippen MR) is 106 cm³/mol. The van der Waals surface area contributed by atoms with Crippen LogP contribution in [0.15, 0.2) is 60.8 Å². The molecule has 0 radical (unpaired) electrons. The Morgan fingerprint density at radius 3 is 2.82 bits per heavy atom. The first-order valence-electron chi connectivity index (χ1n) is 8.88. The lowest BCUT2D eigenvalue weighted by atomic mass is 9.97. The first-order chi connectivity index (χ1) is 13.6. The molecule has 0 spiro atoms. The SMILES string of the molecule is O=C(Nc1ccn(-c2ccccc2)n1)NC1CC(CO)Oc2c(Cl)cccc21. The molecule has 0 saturated heterocycles. The van der Waals surface area contributed by atoms with Crippen molar-refractivity contribution in [1.29, 1.82) is 0 Å². The van der Waals surface area contributed by atoms with Gasteiger partial charge < -0.3 is 15.2 Å². The number of aromatic nitrogens is 2. The molecule has 7 nitrogen and oxygen atoms in total. The van der Waals surface area contributed by atoms with Crippen LogP contribution in [0, 0.1) is 0 Å². The van der Waals surface area contributed by atoms with E-state index in [1.807, 2.05) is 36.4 Å². The fraction of sp³-hybridized carbons (Fsp3) is 0.200. The molecule has 1 aliphatic rings. The zero-order valence-electron chi connectivity index (χ0n) is 14.9. The predicted octanol–water partition coefficient (Wildman–Crippen LogP) is 3.53. The fourth-order valence-corrected chi connectivity index (χ4v) is 3.43. The Morgan fingerprint density at radius 1 is 1.21 bits per heavy atom. The topological polar surface area (TPSA) is 88.4 Å². The summed E-state index contributed by atoms with van der Waals surface area (Å²) >= 11 is 6.21. The molecule has 2 atom stereocenters. The van der Waals surface area contributed by atoms with Crippen LogP contribution in [0.2, 0.25) is 5.02 Å². The lowest BCUT2D eigenvalue weighted by Gasteiger charge is -2.32. The molecular weight excluding hydrogens is 380 g/mol. The van der Waals surface area contributed by atoms with Gasteiger partial charge in [0.25, 0.3) is 0 Å². The molecule has 28 heavy (non-hydrogen) atoms. The number of para-hydroxylation sites is 2. The average Bonchev–Trinajstić information content (AvgIpc) is 3.17. The van der Waals surface area contributed by atoms with Gasteiger partial charge in [-0.1, -0.05) is 41.9 Å². The van der Waals surface area contributed by atoms with Gasteiger partial charge in [0.2, 0.25) is 0 Å². The maximum absolute atomic E-state index is 12.5. The Balaban J connectivity index is 1.47. The Morgan fingerprint density at radius 2 is 2.04 bits per heavy atom. The van der Waals surface area contributed by atoms with Crippen LogP contribution in [-0.4, -0.2) is 33.6 Å². The summed E-state index contributed by atoms with van der Waals surface area (Å²) in [6.45, 7) is -0.161. The number of nitrogens with zero attached hydrogens (tertiary/aromatic N) is 2. The molecule has 4 rings (SSSR count). The minimum atomic E-state index is -0.435. The van der Waals surface area contributed by atoms with Crippen LogP contribution in [0.4, 0.5) is 10.6 Å². The average molecular weight is 399 g/mol.